The van der Waals surface area contributed by atoms with E-state index in [1.54, 1.807) is 0 Å². The van der Waals surface area contributed by atoms with Crippen molar-refractivity contribution in [2.45, 2.75) is 72.1 Å². The van der Waals surface area contributed by atoms with E-state index in [4.69, 9.17) is 15.5 Å². The first-order valence-electron chi connectivity index (χ1n) is 11.5. The zero-order chi connectivity index (χ0) is 21.8. The highest BCUT2D eigenvalue weighted by molar-refractivity contribution is 5.88. The Morgan fingerprint density at radius 2 is 1.71 bits per heavy atom. The number of nitrogens with zero attached hydrogens (tertiary/aromatic N) is 5. The van der Waals surface area contributed by atoms with E-state index >= 15 is 0 Å². The van der Waals surface area contributed by atoms with Gasteiger partial charge >= 0.3 is 0 Å². The lowest BCUT2D eigenvalue weighted by molar-refractivity contribution is 0.232. The molecule has 3 aromatic rings. The molecule has 3 heterocycles. The van der Waals surface area contributed by atoms with Gasteiger partial charge in [0.25, 0.3) is 5.88 Å². The van der Waals surface area contributed by atoms with E-state index in [-0.39, 0.29) is 6.10 Å². The molecule has 0 aliphatic carbocycles. The number of aromatic nitrogens is 4. The smallest absolute Gasteiger partial charge is 0.260 e. The highest BCUT2D eigenvalue weighted by Gasteiger charge is 2.20. The first kappa shape index (κ1) is 21.6. The SMILES string of the molecule is CCCCc1nc2c(N)nnc(OC(C)C)c2n1Cc1ccc(CN2CCCC2)cc1. The Bertz CT molecular complexity index is 1010. The molecule has 0 radical (unpaired) electrons. The first-order valence-corrected chi connectivity index (χ1v) is 11.5. The fraction of sp³-hybridized carbons (Fsp3) is 0.542. The number of aryl methyl sites for hydroxylation is 1. The van der Waals surface area contributed by atoms with Crippen LogP contribution in [0.1, 0.15) is 63.4 Å². The van der Waals surface area contributed by atoms with Crippen LogP contribution < -0.4 is 10.5 Å². The van der Waals surface area contributed by atoms with Gasteiger partial charge < -0.3 is 15.0 Å². The van der Waals surface area contributed by atoms with Gasteiger partial charge in [0, 0.05) is 19.5 Å². The number of nitrogens with two attached hydrogens (primary N) is 1. The number of nitrogen functional groups attached to an aromatic ring is 1. The topological polar surface area (TPSA) is 82.1 Å². The van der Waals surface area contributed by atoms with E-state index in [2.05, 4.69) is 50.9 Å². The summed E-state index contributed by atoms with van der Waals surface area (Å²) in [6, 6.07) is 8.94. The normalized spacial score (nSPS) is 14.7. The van der Waals surface area contributed by atoms with Crippen LogP contribution in [0.4, 0.5) is 5.82 Å². The number of hydrogen-bond donors (Lipinski definition) is 1. The molecule has 0 spiro atoms. The zero-order valence-electron chi connectivity index (χ0n) is 19.0. The quantitative estimate of drug-likeness (QED) is 0.557. The highest BCUT2D eigenvalue weighted by Crippen LogP contribution is 2.29. The molecule has 4 rings (SSSR count). The van der Waals surface area contributed by atoms with E-state index < -0.39 is 0 Å². The summed E-state index contributed by atoms with van der Waals surface area (Å²) in [6.07, 6.45) is 5.69. The third kappa shape index (κ3) is 4.98. The highest BCUT2D eigenvalue weighted by atomic mass is 16.5. The number of benzene rings is 1. The standard InChI is InChI=1S/C24H34N6O/c1-4-5-8-20-26-21-22(24(31-17(2)3)28-27-23(21)25)30(20)16-19-11-9-18(10-12-19)15-29-13-6-7-14-29/h9-12,17H,4-8,13-16H2,1-3H3,(H2,25,27). The van der Waals surface area contributed by atoms with Crippen LogP contribution in [0.3, 0.4) is 0 Å². The van der Waals surface area contributed by atoms with Gasteiger partial charge in [0.2, 0.25) is 0 Å². The van der Waals surface area contributed by atoms with Crippen LogP contribution in [-0.2, 0) is 19.5 Å². The summed E-state index contributed by atoms with van der Waals surface area (Å²) in [7, 11) is 0. The molecular weight excluding hydrogens is 388 g/mol. The van der Waals surface area contributed by atoms with E-state index in [1.165, 1.54) is 37.1 Å². The van der Waals surface area contributed by atoms with Crippen molar-refractivity contribution in [2.24, 2.45) is 0 Å². The Morgan fingerprint density at radius 3 is 2.35 bits per heavy atom. The molecule has 1 aromatic carbocycles. The average molecular weight is 423 g/mol. The van der Waals surface area contributed by atoms with Crippen LogP contribution in [0.15, 0.2) is 24.3 Å². The molecule has 2 aromatic heterocycles. The zero-order valence-corrected chi connectivity index (χ0v) is 19.0. The number of anilines is 1. The summed E-state index contributed by atoms with van der Waals surface area (Å²) in [5, 5.41) is 8.34. The molecule has 2 N–H and O–H groups in total. The second-order valence-corrected chi connectivity index (χ2v) is 8.77. The molecule has 7 nitrogen and oxygen atoms in total. The summed E-state index contributed by atoms with van der Waals surface area (Å²) >= 11 is 0. The van der Waals surface area contributed by atoms with E-state index in [9.17, 15) is 0 Å². The molecule has 166 valence electrons. The number of hydrogen-bond acceptors (Lipinski definition) is 6. The van der Waals surface area contributed by atoms with Crippen molar-refractivity contribution in [3.8, 4) is 5.88 Å². The van der Waals surface area contributed by atoms with Gasteiger partial charge in [0.05, 0.1) is 6.10 Å². The maximum Gasteiger partial charge on any atom is 0.260 e. The first-order chi connectivity index (χ1) is 15.0. The lowest BCUT2D eigenvalue weighted by Crippen LogP contribution is -2.18. The second kappa shape index (κ2) is 9.64. The third-order valence-corrected chi connectivity index (χ3v) is 5.81. The molecule has 0 amide bonds. The van der Waals surface area contributed by atoms with E-state index in [1.807, 2.05) is 13.8 Å². The van der Waals surface area contributed by atoms with Crippen molar-refractivity contribution >= 4 is 16.9 Å². The number of likely N-dealkylation sites (tertiary alicyclic amines) is 1. The molecule has 1 aliphatic rings. The number of imidazole rings is 1. The molecular formula is C24H34N6O. The maximum absolute atomic E-state index is 6.15. The van der Waals surface area contributed by atoms with Crippen LogP contribution >= 0.6 is 0 Å². The lowest BCUT2D eigenvalue weighted by atomic mass is 10.1. The summed E-state index contributed by atoms with van der Waals surface area (Å²) < 4.78 is 8.19. The Kier molecular flexibility index (Phi) is 6.70. The van der Waals surface area contributed by atoms with Crippen LogP contribution in [0.5, 0.6) is 5.88 Å². The molecule has 0 saturated carbocycles. The second-order valence-electron chi connectivity index (χ2n) is 8.77. The van der Waals surface area contributed by atoms with Gasteiger partial charge in [-0.05, 0) is 57.3 Å². The lowest BCUT2D eigenvalue weighted by Gasteiger charge is -2.16. The van der Waals surface area contributed by atoms with E-state index in [0.717, 1.165) is 37.1 Å². The average Bonchev–Trinajstić information content (AvgIpc) is 3.38. The summed E-state index contributed by atoms with van der Waals surface area (Å²) in [5.41, 5.74) is 10.3. The van der Waals surface area contributed by atoms with Crippen molar-refractivity contribution in [3.63, 3.8) is 0 Å². The molecule has 7 heteroatoms. The minimum Gasteiger partial charge on any atom is -0.472 e. The van der Waals surface area contributed by atoms with Gasteiger partial charge in [-0.3, -0.25) is 4.90 Å². The van der Waals surface area contributed by atoms with Gasteiger partial charge in [0.1, 0.15) is 16.9 Å². The van der Waals surface area contributed by atoms with Gasteiger partial charge in [-0.1, -0.05) is 37.6 Å². The summed E-state index contributed by atoms with van der Waals surface area (Å²) in [5.74, 6) is 1.86. The van der Waals surface area contributed by atoms with Gasteiger partial charge in [-0.25, -0.2) is 4.98 Å². The number of fused-ring (bicyclic) bond motifs is 1. The third-order valence-electron chi connectivity index (χ3n) is 5.81. The largest absolute Gasteiger partial charge is 0.472 e. The van der Waals surface area contributed by atoms with Crippen LogP contribution in [0.25, 0.3) is 11.0 Å². The minimum absolute atomic E-state index is 0.00608. The van der Waals surface area contributed by atoms with Crippen LogP contribution in [0, 0.1) is 0 Å². The van der Waals surface area contributed by atoms with Crippen molar-refractivity contribution in [1.29, 1.82) is 0 Å². The fourth-order valence-electron chi connectivity index (χ4n) is 4.22. The number of ether oxygens (including phenoxy) is 1. The van der Waals surface area contributed by atoms with Crippen LogP contribution in [0.2, 0.25) is 0 Å². The summed E-state index contributed by atoms with van der Waals surface area (Å²) in [6.45, 7) is 10.3. The Balaban J connectivity index is 1.66. The number of unbranched alkanes of at least 4 members (excludes halogenated alkanes) is 1. The van der Waals surface area contributed by atoms with Crippen LogP contribution in [-0.4, -0.2) is 43.8 Å². The van der Waals surface area contributed by atoms with Crippen molar-refractivity contribution in [2.75, 3.05) is 18.8 Å². The van der Waals surface area contributed by atoms with Crippen molar-refractivity contribution in [3.05, 3.63) is 41.2 Å². The molecule has 1 saturated heterocycles. The predicted molar refractivity (Wildman–Crippen MR) is 124 cm³/mol. The molecule has 0 unspecified atom stereocenters. The predicted octanol–water partition coefficient (Wildman–Crippen LogP) is 4.18. The molecule has 0 bridgehead atoms. The fourth-order valence-corrected chi connectivity index (χ4v) is 4.22. The number of rotatable bonds is 9. The Labute approximate surface area is 184 Å². The minimum atomic E-state index is -0.00608. The molecule has 1 fully saturated rings. The van der Waals surface area contributed by atoms with Gasteiger partial charge in [-0.15, -0.1) is 10.2 Å². The molecule has 1 aliphatic heterocycles. The van der Waals surface area contributed by atoms with Gasteiger partial charge in [0.15, 0.2) is 5.82 Å². The summed E-state index contributed by atoms with van der Waals surface area (Å²) in [4.78, 5) is 7.37. The monoisotopic (exact) mass is 422 g/mol. The molecule has 31 heavy (non-hydrogen) atoms. The van der Waals surface area contributed by atoms with E-state index in [0.29, 0.717) is 23.8 Å². The Morgan fingerprint density at radius 1 is 1.03 bits per heavy atom. The van der Waals surface area contributed by atoms with Gasteiger partial charge in [-0.2, -0.15) is 0 Å². The Hall–Kier alpha value is -2.67. The van der Waals surface area contributed by atoms with Crippen molar-refractivity contribution in [1.82, 2.24) is 24.6 Å². The maximum atomic E-state index is 6.15. The van der Waals surface area contributed by atoms with Crippen molar-refractivity contribution < 1.29 is 4.74 Å². The molecule has 0 atom stereocenters.